The molecular formula is C21H21FN2O2. The van der Waals surface area contributed by atoms with E-state index in [-0.39, 0.29) is 11.8 Å². The van der Waals surface area contributed by atoms with Gasteiger partial charge in [0.15, 0.2) is 0 Å². The Hall–Kier alpha value is -2.95. The lowest BCUT2D eigenvalue weighted by Gasteiger charge is -2.18. The van der Waals surface area contributed by atoms with Crippen molar-refractivity contribution in [1.82, 2.24) is 10.2 Å². The topological polar surface area (TPSA) is 55.0 Å². The van der Waals surface area contributed by atoms with Crippen LogP contribution in [0, 0.1) is 12.7 Å². The third-order valence-electron chi connectivity index (χ3n) is 4.76. The van der Waals surface area contributed by atoms with Crippen LogP contribution in [0.25, 0.3) is 16.5 Å². The van der Waals surface area contributed by atoms with Crippen molar-refractivity contribution < 1.29 is 13.9 Å². The van der Waals surface area contributed by atoms with Crippen molar-refractivity contribution in [2.45, 2.75) is 25.7 Å². The number of methoxy groups -OCH3 is 1. The van der Waals surface area contributed by atoms with E-state index in [4.69, 9.17) is 4.74 Å². The van der Waals surface area contributed by atoms with Gasteiger partial charge in [-0.25, -0.2) is 4.39 Å². The number of hydrogen-bond acceptors (Lipinski definition) is 3. The van der Waals surface area contributed by atoms with Crippen LogP contribution in [-0.2, 0) is 9.53 Å². The first kappa shape index (κ1) is 17.9. The van der Waals surface area contributed by atoms with Gasteiger partial charge in [-0.05, 0) is 54.2 Å². The molecule has 0 fully saturated rings. The molecule has 3 rings (SSSR count). The Morgan fingerprint density at radius 3 is 2.92 bits per heavy atom. The molecule has 26 heavy (non-hydrogen) atoms. The average Bonchev–Trinajstić information content (AvgIpc) is 3.12. The number of ether oxygens (including phenoxy) is 1. The number of H-pyrrole nitrogens is 1. The van der Waals surface area contributed by atoms with Gasteiger partial charge >= 0.3 is 5.97 Å². The van der Waals surface area contributed by atoms with Gasteiger partial charge in [0.05, 0.1) is 24.7 Å². The number of carbonyl (C=O) groups excluding carboxylic acids is 1. The second kappa shape index (κ2) is 7.52. The molecule has 0 spiro atoms. The van der Waals surface area contributed by atoms with Gasteiger partial charge in [-0.15, -0.1) is 0 Å². The molecule has 5 heteroatoms. The zero-order valence-corrected chi connectivity index (χ0v) is 14.9. The zero-order chi connectivity index (χ0) is 18.7. The van der Waals surface area contributed by atoms with E-state index in [1.807, 2.05) is 18.2 Å². The highest BCUT2D eigenvalue weighted by atomic mass is 19.1. The van der Waals surface area contributed by atoms with Crippen LogP contribution in [-0.4, -0.2) is 23.3 Å². The summed E-state index contributed by atoms with van der Waals surface area (Å²) in [5.41, 5.74) is 3.97. The normalized spacial score (nSPS) is 12.1. The van der Waals surface area contributed by atoms with E-state index in [2.05, 4.69) is 16.8 Å². The zero-order valence-electron chi connectivity index (χ0n) is 14.9. The van der Waals surface area contributed by atoms with Crippen LogP contribution in [0.2, 0.25) is 0 Å². The maximum atomic E-state index is 13.9. The standard InChI is InChI=1S/C21H21FN2O2/c1-13(15-8-9-16-12-23-24-20(16)11-15)7-10-18(21(25)26-3)17-5-4-6-19(22)14(17)2/h4-6,8-9,11-12,18H,1,7,10H2,2-3H3,(H,23,24)/t18-/m1/s1. The molecule has 0 saturated carbocycles. The number of carbonyl (C=O) groups is 1. The van der Waals surface area contributed by atoms with Crippen molar-refractivity contribution in [2.24, 2.45) is 0 Å². The second-order valence-corrected chi connectivity index (χ2v) is 6.34. The molecule has 0 amide bonds. The van der Waals surface area contributed by atoms with E-state index in [0.717, 1.165) is 22.0 Å². The Kier molecular flexibility index (Phi) is 5.16. The number of rotatable bonds is 6. The summed E-state index contributed by atoms with van der Waals surface area (Å²) >= 11 is 0. The van der Waals surface area contributed by atoms with E-state index in [1.165, 1.54) is 13.2 Å². The third-order valence-corrected chi connectivity index (χ3v) is 4.76. The fourth-order valence-electron chi connectivity index (χ4n) is 3.16. The number of aromatic nitrogens is 2. The number of benzene rings is 2. The van der Waals surface area contributed by atoms with Gasteiger partial charge in [0, 0.05) is 5.39 Å². The Balaban J connectivity index is 1.80. The minimum Gasteiger partial charge on any atom is -0.469 e. The van der Waals surface area contributed by atoms with Crippen LogP contribution >= 0.6 is 0 Å². The predicted octanol–water partition coefficient (Wildman–Crippen LogP) is 4.76. The predicted molar refractivity (Wildman–Crippen MR) is 100 cm³/mol. The molecule has 0 aliphatic carbocycles. The number of halogens is 1. The van der Waals surface area contributed by atoms with Crippen molar-refractivity contribution in [2.75, 3.05) is 7.11 Å². The molecule has 0 bridgehead atoms. The van der Waals surface area contributed by atoms with E-state index in [1.54, 1.807) is 25.3 Å². The van der Waals surface area contributed by atoms with Crippen LogP contribution in [0.5, 0.6) is 0 Å². The molecule has 134 valence electrons. The van der Waals surface area contributed by atoms with Gasteiger partial charge in [0.1, 0.15) is 5.82 Å². The van der Waals surface area contributed by atoms with Gasteiger partial charge in [-0.3, -0.25) is 9.89 Å². The quantitative estimate of drug-likeness (QED) is 0.651. The number of aromatic amines is 1. The molecule has 4 nitrogen and oxygen atoms in total. The molecular weight excluding hydrogens is 331 g/mol. The second-order valence-electron chi connectivity index (χ2n) is 6.34. The maximum absolute atomic E-state index is 13.9. The lowest BCUT2D eigenvalue weighted by molar-refractivity contribution is -0.142. The number of hydrogen-bond donors (Lipinski definition) is 1. The fourth-order valence-corrected chi connectivity index (χ4v) is 3.16. The lowest BCUT2D eigenvalue weighted by Crippen LogP contribution is -2.16. The summed E-state index contributed by atoms with van der Waals surface area (Å²) in [7, 11) is 1.35. The summed E-state index contributed by atoms with van der Waals surface area (Å²) in [5.74, 6) is -1.21. The number of nitrogens with zero attached hydrogens (tertiary/aromatic N) is 1. The molecule has 1 heterocycles. The van der Waals surface area contributed by atoms with Crippen LogP contribution < -0.4 is 0 Å². The number of fused-ring (bicyclic) bond motifs is 1. The first-order valence-electron chi connectivity index (χ1n) is 8.45. The van der Waals surface area contributed by atoms with E-state index in [0.29, 0.717) is 24.0 Å². The van der Waals surface area contributed by atoms with Crippen molar-refractivity contribution in [3.63, 3.8) is 0 Å². The van der Waals surface area contributed by atoms with Gasteiger partial charge in [0.25, 0.3) is 0 Å². The summed E-state index contributed by atoms with van der Waals surface area (Å²) in [6, 6.07) is 10.7. The monoisotopic (exact) mass is 352 g/mol. The summed E-state index contributed by atoms with van der Waals surface area (Å²) in [5, 5.41) is 7.99. The highest BCUT2D eigenvalue weighted by Gasteiger charge is 2.24. The van der Waals surface area contributed by atoms with Crippen LogP contribution in [0.4, 0.5) is 4.39 Å². The van der Waals surface area contributed by atoms with Crippen LogP contribution in [0.1, 0.15) is 35.4 Å². The number of esters is 1. The number of allylic oxidation sites excluding steroid dienone is 1. The maximum Gasteiger partial charge on any atom is 0.313 e. The molecule has 1 N–H and O–H groups in total. The minimum absolute atomic E-state index is 0.320. The fraction of sp³-hybridized carbons (Fsp3) is 0.238. The van der Waals surface area contributed by atoms with Crippen molar-refractivity contribution in [3.8, 4) is 0 Å². The smallest absolute Gasteiger partial charge is 0.313 e. The molecule has 1 aromatic heterocycles. The number of nitrogens with one attached hydrogen (secondary N) is 1. The Labute approximate surface area is 151 Å². The van der Waals surface area contributed by atoms with Crippen LogP contribution in [0.3, 0.4) is 0 Å². The molecule has 3 aromatic rings. The molecule has 0 unspecified atom stereocenters. The Bertz CT molecular complexity index is 962. The highest BCUT2D eigenvalue weighted by molar-refractivity contribution is 5.83. The Morgan fingerprint density at radius 2 is 2.15 bits per heavy atom. The van der Waals surface area contributed by atoms with Gasteiger partial charge in [0.2, 0.25) is 0 Å². The summed E-state index contributed by atoms with van der Waals surface area (Å²) in [4.78, 5) is 12.3. The molecule has 0 aliphatic heterocycles. The largest absolute Gasteiger partial charge is 0.469 e. The molecule has 0 saturated heterocycles. The molecule has 1 atom stereocenters. The van der Waals surface area contributed by atoms with Crippen molar-refractivity contribution in [1.29, 1.82) is 0 Å². The van der Waals surface area contributed by atoms with Crippen LogP contribution in [0.15, 0.2) is 49.2 Å². The van der Waals surface area contributed by atoms with Crippen molar-refractivity contribution >= 4 is 22.4 Å². The van der Waals surface area contributed by atoms with E-state index < -0.39 is 5.92 Å². The average molecular weight is 352 g/mol. The lowest BCUT2D eigenvalue weighted by atomic mass is 9.88. The van der Waals surface area contributed by atoms with Gasteiger partial charge in [-0.1, -0.05) is 30.8 Å². The molecule has 0 aliphatic rings. The molecule has 2 aromatic carbocycles. The summed E-state index contributed by atoms with van der Waals surface area (Å²) in [6.45, 7) is 5.83. The first-order valence-corrected chi connectivity index (χ1v) is 8.45. The van der Waals surface area contributed by atoms with E-state index >= 15 is 0 Å². The summed E-state index contributed by atoms with van der Waals surface area (Å²) < 4.78 is 18.9. The van der Waals surface area contributed by atoms with Gasteiger partial charge in [-0.2, -0.15) is 5.10 Å². The first-order chi connectivity index (χ1) is 12.5. The van der Waals surface area contributed by atoms with E-state index in [9.17, 15) is 9.18 Å². The van der Waals surface area contributed by atoms with Gasteiger partial charge < -0.3 is 4.74 Å². The highest BCUT2D eigenvalue weighted by Crippen LogP contribution is 2.31. The molecule has 0 radical (unpaired) electrons. The Morgan fingerprint density at radius 1 is 1.35 bits per heavy atom. The summed E-state index contributed by atoms with van der Waals surface area (Å²) in [6.07, 6.45) is 2.86. The third kappa shape index (κ3) is 3.52. The van der Waals surface area contributed by atoms with Crippen molar-refractivity contribution in [3.05, 3.63) is 71.7 Å². The minimum atomic E-state index is -0.525. The SMILES string of the molecule is C=C(CC[C@@H](C(=O)OC)c1cccc(F)c1C)c1ccc2cn[nH]c2c1.